The maximum atomic E-state index is 13.8. The van der Waals surface area contributed by atoms with Crippen LogP contribution in [0.15, 0.2) is 58.8 Å². The third-order valence-corrected chi connectivity index (χ3v) is 3.68. The van der Waals surface area contributed by atoms with Crippen LogP contribution in [0.2, 0.25) is 0 Å². The number of methoxy groups -OCH3 is 1. The Hall–Kier alpha value is -2.05. The third kappa shape index (κ3) is 4.97. The second-order valence-corrected chi connectivity index (χ2v) is 5.82. The van der Waals surface area contributed by atoms with Crippen LogP contribution in [0.3, 0.4) is 0 Å². The maximum Gasteiger partial charge on any atom is 0.166 e. The van der Waals surface area contributed by atoms with E-state index >= 15 is 0 Å². The smallest absolute Gasteiger partial charge is 0.166 e. The van der Waals surface area contributed by atoms with E-state index in [0.717, 1.165) is 0 Å². The molecule has 0 aliphatic carbocycles. The minimum absolute atomic E-state index is 0.123. The minimum atomic E-state index is -0.447. The van der Waals surface area contributed by atoms with Gasteiger partial charge in [0.05, 0.1) is 13.7 Å². The van der Waals surface area contributed by atoms with Gasteiger partial charge in [-0.3, -0.25) is 0 Å². The second kappa shape index (κ2) is 8.70. The zero-order valence-corrected chi connectivity index (χ0v) is 14.9. The largest absolute Gasteiger partial charge is 0.497 e. The molecule has 0 saturated heterocycles. The van der Waals surface area contributed by atoms with E-state index in [2.05, 4.69) is 15.9 Å². The number of aliphatic hydroxyl groups excluding tert-OH is 1. The molecular formula is C18H18BrFO4. The summed E-state index contributed by atoms with van der Waals surface area (Å²) in [6, 6.07) is 11.4. The maximum absolute atomic E-state index is 13.8. The Balaban J connectivity index is 2.04. The summed E-state index contributed by atoms with van der Waals surface area (Å²) in [5, 5.41) is 8.94. The molecule has 2 aromatic rings. The lowest BCUT2D eigenvalue weighted by Crippen LogP contribution is -2.16. The van der Waals surface area contributed by atoms with E-state index in [1.54, 1.807) is 42.5 Å². The summed E-state index contributed by atoms with van der Waals surface area (Å²) >= 11 is 3.20. The number of ether oxygens (including phenoxy) is 3. The van der Waals surface area contributed by atoms with Crippen molar-refractivity contribution in [1.82, 2.24) is 0 Å². The van der Waals surface area contributed by atoms with Crippen molar-refractivity contribution in [3.8, 4) is 17.2 Å². The van der Waals surface area contributed by atoms with Gasteiger partial charge in [-0.15, -0.1) is 0 Å². The number of hydrogen-bond donors (Lipinski definition) is 1. The Morgan fingerprint density at radius 2 is 1.88 bits per heavy atom. The van der Waals surface area contributed by atoms with Crippen molar-refractivity contribution in [2.45, 2.75) is 13.0 Å². The first-order chi connectivity index (χ1) is 11.5. The highest BCUT2D eigenvalue weighted by Gasteiger charge is 2.11. The fourth-order valence-electron chi connectivity index (χ4n) is 2.04. The van der Waals surface area contributed by atoms with Crippen molar-refractivity contribution >= 4 is 15.9 Å². The van der Waals surface area contributed by atoms with Gasteiger partial charge in [0, 0.05) is 4.47 Å². The van der Waals surface area contributed by atoms with E-state index in [0.29, 0.717) is 21.7 Å². The van der Waals surface area contributed by atoms with Gasteiger partial charge in [-0.25, -0.2) is 4.39 Å². The molecule has 1 atom stereocenters. The van der Waals surface area contributed by atoms with Gasteiger partial charge in [0.25, 0.3) is 0 Å². The van der Waals surface area contributed by atoms with Gasteiger partial charge in [0.2, 0.25) is 0 Å². The Labute approximate surface area is 148 Å². The number of benzene rings is 2. The van der Waals surface area contributed by atoms with Crippen LogP contribution < -0.4 is 9.47 Å². The van der Waals surface area contributed by atoms with Gasteiger partial charge in [0.15, 0.2) is 17.7 Å². The highest BCUT2D eigenvalue weighted by atomic mass is 79.9. The zero-order chi connectivity index (χ0) is 17.5. The normalized spacial score (nSPS) is 12.6. The summed E-state index contributed by atoms with van der Waals surface area (Å²) in [6.45, 7) is 1.69. The predicted molar refractivity (Wildman–Crippen MR) is 92.9 cm³/mol. The molecule has 0 heterocycles. The molecule has 4 nitrogen and oxygen atoms in total. The Kier molecular flexibility index (Phi) is 6.63. The highest BCUT2D eigenvalue weighted by molar-refractivity contribution is 9.10. The van der Waals surface area contributed by atoms with Crippen molar-refractivity contribution in [2.24, 2.45) is 0 Å². The number of aliphatic hydroxyl groups is 1. The predicted octanol–water partition coefficient (Wildman–Crippen LogP) is 4.67. The Morgan fingerprint density at radius 3 is 2.46 bits per heavy atom. The molecule has 0 aromatic heterocycles. The lowest BCUT2D eigenvalue weighted by molar-refractivity contribution is 0.156. The SMILES string of the molecule is COC(=CCO)C(C)Oc1ccc(Oc2ccc(Br)cc2F)cc1. The van der Waals surface area contributed by atoms with Crippen LogP contribution >= 0.6 is 15.9 Å². The molecule has 0 aliphatic rings. The molecule has 0 saturated carbocycles. The third-order valence-electron chi connectivity index (χ3n) is 3.19. The van der Waals surface area contributed by atoms with Gasteiger partial charge in [-0.1, -0.05) is 15.9 Å². The second-order valence-electron chi connectivity index (χ2n) is 4.90. The lowest BCUT2D eigenvalue weighted by Gasteiger charge is -2.17. The molecule has 0 spiro atoms. The average Bonchev–Trinajstić information content (AvgIpc) is 2.56. The van der Waals surface area contributed by atoms with Crippen molar-refractivity contribution in [3.63, 3.8) is 0 Å². The summed E-state index contributed by atoms with van der Waals surface area (Å²) in [5.41, 5.74) is 0. The molecule has 1 unspecified atom stereocenters. The molecule has 6 heteroatoms. The lowest BCUT2D eigenvalue weighted by atomic mass is 10.3. The molecule has 128 valence electrons. The molecule has 0 radical (unpaired) electrons. The number of hydrogen-bond acceptors (Lipinski definition) is 4. The number of halogens is 2. The summed E-state index contributed by atoms with van der Waals surface area (Å²) in [5.74, 6) is 1.33. The van der Waals surface area contributed by atoms with Crippen LogP contribution in [0.25, 0.3) is 0 Å². The van der Waals surface area contributed by atoms with E-state index in [1.165, 1.54) is 13.2 Å². The van der Waals surface area contributed by atoms with Gasteiger partial charge in [-0.05, 0) is 55.5 Å². The fraction of sp³-hybridized carbons (Fsp3) is 0.222. The number of rotatable bonds is 7. The highest BCUT2D eigenvalue weighted by Crippen LogP contribution is 2.28. The van der Waals surface area contributed by atoms with Gasteiger partial charge in [0.1, 0.15) is 17.3 Å². The Bertz CT molecular complexity index is 701. The first-order valence-electron chi connectivity index (χ1n) is 7.28. The summed E-state index contributed by atoms with van der Waals surface area (Å²) < 4.78 is 30.8. The molecule has 0 amide bonds. The molecule has 0 aliphatic heterocycles. The topological polar surface area (TPSA) is 47.9 Å². The van der Waals surface area contributed by atoms with Crippen LogP contribution in [0, 0.1) is 5.82 Å². The molecule has 2 aromatic carbocycles. The molecule has 0 bridgehead atoms. The van der Waals surface area contributed by atoms with E-state index in [9.17, 15) is 4.39 Å². The van der Waals surface area contributed by atoms with E-state index < -0.39 is 5.82 Å². The zero-order valence-electron chi connectivity index (χ0n) is 13.3. The summed E-state index contributed by atoms with van der Waals surface area (Å²) in [6.07, 6.45) is 1.19. The minimum Gasteiger partial charge on any atom is -0.497 e. The van der Waals surface area contributed by atoms with Crippen LogP contribution in [0.4, 0.5) is 4.39 Å². The van der Waals surface area contributed by atoms with E-state index in [1.807, 2.05) is 6.92 Å². The Morgan fingerprint density at radius 1 is 1.21 bits per heavy atom. The van der Waals surface area contributed by atoms with Crippen LogP contribution in [-0.4, -0.2) is 24.9 Å². The first-order valence-corrected chi connectivity index (χ1v) is 8.07. The standard InChI is InChI=1S/C18H18BrFO4/c1-12(17(22-2)9-10-21)23-14-4-6-15(7-5-14)24-18-8-3-13(19)11-16(18)20/h3-9,11-12,21H,10H2,1-2H3. The first kappa shape index (κ1) is 18.3. The van der Waals surface area contributed by atoms with E-state index in [4.69, 9.17) is 19.3 Å². The monoisotopic (exact) mass is 396 g/mol. The van der Waals surface area contributed by atoms with Gasteiger partial charge < -0.3 is 19.3 Å². The van der Waals surface area contributed by atoms with E-state index in [-0.39, 0.29) is 18.5 Å². The molecule has 0 fully saturated rings. The molecule has 24 heavy (non-hydrogen) atoms. The van der Waals surface area contributed by atoms with Gasteiger partial charge >= 0.3 is 0 Å². The van der Waals surface area contributed by atoms with Gasteiger partial charge in [-0.2, -0.15) is 0 Å². The van der Waals surface area contributed by atoms with Crippen LogP contribution in [-0.2, 0) is 4.74 Å². The van der Waals surface area contributed by atoms with Crippen LogP contribution in [0.1, 0.15) is 6.92 Å². The summed E-state index contributed by atoms with van der Waals surface area (Å²) in [7, 11) is 1.52. The van der Waals surface area contributed by atoms with Crippen LogP contribution in [0.5, 0.6) is 17.2 Å². The van der Waals surface area contributed by atoms with Crippen molar-refractivity contribution in [3.05, 3.63) is 64.6 Å². The molecule has 2 rings (SSSR count). The average molecular weight is 397 g/mol. The van der Waals surface area contributed by atoms with Crippen molar-refractivity contribution in [2.75, 3.05) is 13.7 Å². The quantitative estimate of drug-likeness (QED) is 0.690. The fourth-order valence-corrected chi connectivity index (χ4v) is 2.37. The molecule has 1 N–H and O–H groups in total. The molecular weight excluding hydrogens is 379 g/mol. The van der Waals surface area contributed by atoms with Crippen molar-refractivity contribution < 1.29 is 23.7 Å². The van der Waals surface area contributed by atoms with Crippen molar-refractivity contribution in [1.29, 1.82) is 0 Å². The summed E-state index contributed by atoms with van der Waals surface area (Å²) in [4.78, 5) is 0.